The molecule has 1 saturated heterocycles. The molecule has 1 aliphatic heterocycles. The number of nitrogens with zero attached hydrogens (tertiary/aromatic N) is 1. The van der Waals surface area contributed by atoms with Crippen LogP contribution in [0.5, 0.6) is 0 Å². The number of likely N-dealkylation sites (tertiary alicyclic amines) is 1. The van der Waals surface area contributed by atoms with Crippen LogP contribution in [0.2, 0.25) is 0 Å². The van der Waals surface area contributed by atoms with Crippen LogP contribution in [0.25, 0.3) is 0 Å². The number of thiophene rings is 1. The molecule has 2 heterocycles. The van der Waals surface area contributed by atoms with Gasteiger partial charge >= 0.3 is 0 Å². The first-order chi connectivity index (χ1) is 8.56. The van der Waals surface area contributed by atoms with Crippen LogP contribution < -0.4 is 0 Å². The number of ketones is 1. The van der Waals surface area contributed by atoms with Gasteiger partial charge in [-0.2, -0.15) is 0 Å². The maximum Gasteiger partial charge on any atom is 0.173 e. The normalized spacial score (nSPS) is 21.4. The zero-order valence-electron chi connectivity index (χ0n) is 11.6. The number of carbonyl (C=O) groups is 1. The summed E-state index contributed by atoms with van der Waals surface area (Å²) in [5.41, 5.74) is 1.20. The standard InChI is InChI=1S/C15H23NOS/c1-11(2)16-6-4-5-13(9-16)8-14(17)15-7-12(3)10-18-15/h7,10-11,13H,4-6,8-9H2,1-3H3/t13-/m0/s1. The second-order valence-electron chi connectivity index (χ2n) is 5.71. The molecule has 1 aromatic heterocycles. The molecule has 0 bridgehead atoms. The first-order valence-corrected chi connectivity index (χ1v) is 7.76. The van der Waals surface area contributed by atoms with E-state index in [0.717, 1.165) is 17.8 Å². The van der Waals surface area contributed by atoms with Crippen molar-refractivity contribution in [2.24, 2.45) is 5.92 Å². The Morgan fingerprint density at radius 2 is 2.33 bits per heavy atom. The van der Waals surface area contributed by atoms with Gasteiger partial charge in [0, 0.05) is 19.0 Å². The van der Waals surface area contributed by atoms with Crippen molar-refractivity contribution in [1.29, 1.82) is 0 Å². The predicted molar refractivity (Wildman–Crippen MR) is 77.4 cm³/mol. The smallest absolute Gasteiger partial charge is 0.173 e. The van der Waals surface area contributed by atoms with Crippen LogP contribution in [0.1, 0.15) is 48.3 Å². The molecular formula is C15H23NOS. The minimum absolute atomic E-state index is 0.337. The molecule has 1 aromatic rings. The number of carbonyl (C=O) groups excluding carboxylic acids is 1. The van der Waals surface area contributed by atoms with E-state index in [9.17, 15) is 4.79 Å². The van der Waals surface area contributed by atoms with Crippen LogP contribution in [-0.2, 0) is 0 Å². The first-order valence-electron chi connectivity index (χ1n) is 6.88. The molecule has 1 atom stereocenters. The van der Waals surface area contributed by atoms with Gasteiger partial charge in [-0.05, 0) is 63.1 Å². The predicted octanol–water partition coefficient (Wildman–Crippen LogP) is 3.75. The molecule has 100 valence electrons. The third-order valence-electron chi connectivity index (χ3n) is 3.76. The maximum atomic E-state index is 12.2. The average Bonchev–Trinajstić information content (AvgIpc) is 2.76. The van der Waals surface area contributed by atoms with Crippen molar-refractivity contribution >= 4 is 17.1 Å². The summed E-state index contributed by atoms with van der Waals surface area (Å²) in [5.74, 6) is 0.889. The topological polar surface area (TPSA) is 20.3 Å². The fraction of sp³-hybridized carbons (Fsp3) is 0.667. The van der Waals surface area contributed by atoms with Crippen molar-refractivity contribution in [2.45, 2.75) is 46.1 Å². The summed E-state index contributed by atoms with van der Waals surface area (Å²) < 4.78 is 0. The summed E-state index contributed by atoms with van der Waals surface area (Å²) in [6.45, 7) is 8.82. The van der Waals surface area contributed by atoms with E-state index in [1.807, 2.05) is 13.0 Å². The van der Waals surface area contributed by atoms with Gasteiger partial charge in [0.2, 0.25) is 0 Å². The number of piperidine rings is 1. The monoisotopic (exact) mass is 265 g/mol. The number of hydrogen-bond donors (Lipinski definition) is 0. The van der Waals surface area contributed by atoms with Crippen LogP contribution in [0.3, 0.4) is 0 Å². The SMILES string of the molecule is Cc1csc(C(=O)C[C@@H]2CCCN(C(C)C)C2)c1. The van der Waals surface area contributed by atoms with Crippen molar-refractivity contribution in [3.8, 4) is 0 Å². The Hall–Kier alpha value is -0.670. The number of aryl methyl sites for hydroxylation is 1. The van der Waals surface area contributed by atoms with Gasteiger partial charge in [-0.3, -0.25) is 4.79 Å². The number of hydrogen-bond acceptors (Lipinski definition) is 3. The third-order valence-corrected chi connectivity index (χ3v) is 4.85. The van der Waals surface area contributed by atoms with Gasteiger partial charge in [-0.25, -0.2) is 0 Å². The van der Waals surface area contributed by atoms with Crippen molar-refractivity contribution in [3.63, 3.8) is 0 Å². The molecule has 1 fully saturated rings. The molecule has 0 radical (unpaired) electrons. The molecule has 0 aliphatic carbocycles. The van der Waals surface area contributed by atoms with Crippen LogP contribution in [0.4, 0.5) is 0 Å². The lowest BCUT2D eigenvalue weighted by atomic mass is 9.92. The zero-order valence-corrected chi connectivity index (χ0v) is 12.4. The zero-order chi connectivity index (χ0) is 13.1. The molecule has 0 saturated carbocycles. The quantitative estimate of drug-likeness (QED) is 0.773. The summed E-state index contributed by atoms with van der Waals surface area (Å²) in [6, 6.07) is 2.63. The Morgan fingerprint density at radius 3 is 2.94 bits per heavy atom. The highest BCUT2D eigenvalue weighted by Crippen LogP contribution is 2.24. The van der Waals surface area contributed by atoms with Crippen molar-refractivity contribution in [1.82, 2.24) is 4.90 Å². The summed E-state index contributed by atoms with van der Waals surface area (Å²) in [7, 11) is 0. The highest BCUT2D eigenvalue weighted by Gasteiger charge is 2.24. The van der Waals surface area contributed by atoms with E-state index in [4.69, 9.17) is 0 Å². The summed E-state index contributed by atoms with van der Waals surface area (Å²) in [6.07, 6.45) is 3.17. The Balaban J connectivity index is 1.91. The van der Waals surface area contributed by atoms with Gasteiger partial charge in [0.05, 0.1) is 4.88 Å². The summed E-state index contributed by atoms with van der Waals surface area (Å²) in [5, 5.41) is 2.06. The minimum atomic E-state index is 0.337. The van der Waals surface area contributed by atoms with E-state index in [0.29, 0.717) is 17.7 Å². The largest absolute Gasteiger partial charge is 0.301 e. The van der Waals surface area contributed by atoms with E-state index < -0.39 is 0 Å². The summed E-state index contributed by atoms with van der Waals surface area (Å²) in [4.78, 5) is 15.6. The average molecular weight is 265 g/mol. The third kappa shape index (κ3) is 3.42. The van der Waals surface area contributed by atoms with Gasteiger partial charge in [0.25, 0.3) is 0 Å². The Labute approximate surface area is 114 Å². The lowest BCUT2D eigenvalue weighted by Gasteiger charge is -2.35. The number of Topliss-reactive ketones (excluding diaryl/α,β-unsaturated/α-hetero) is 1. The Bertz CT molecular complexity index is 410. The van der Waals surface area contributed by atoms with Crippen LogP contribution in [-0.4, -0.2) is 29.8 Å². The molecule has 2 nitrogen and oxygen atoms in total. The molecule has 0 unspecified atom stereocenters. The second kappa shape index (κ2) is 5.98. The molecule has 18 heavy (non-hydrogen) atoms. The van der Waals surface area contributed by atoms with E-state index >= 15 is 0 Å². The molecule has 2 rings (SSSR count). The molecular weight excluding hydrogens is 242 g/mol. The van der Waals surface area contributed by atoms with Gasteiger partial charge in [0.1, 0.15) is 0 Å². The fourth-order valence-corrected chi connectivity index (χ4v) is 3.52. The Morgan fingerprint density at radius 1 is 1.56 bits per heavy atom. The van der Waals surface area contributed by atoms with Crippen LogP contribution in [0.15, 0.2) is 11.4 Å². The van der Waals surface area contributed by atoms with E-state index in [1.165, 1.54) is 24.9 Å². The number of rotatable bonds is 4. The first kappa shape index (κ1) is 13.8. The highest BCUT2D eigenvalue weighted by molar-refractivity contribution is 7.12. The minimum Gasteiger partial charge on any atom is -0.301 e. The Kier molecular flexibility index (Phi) is 4.57. The maximum absolute atomic E-state index is 12.2. The van der Waals surface area contributed by atoms with Gasteiger partial charge < -0.3 is 4.90 Å². The molecule has 1 aliphatic rings. The highest BCUT2D eigenvalue weighted by atomic mass is 32.1. The van der Waals surface area contributed by atoms with Gasteiger partial charge in [-0.1, -0.05) is 0 Å². The second-order valence-corrected chi connectivity index (χ2v) is 6.62. The lowest BCUT2D eigenvalue weighted by molar-refractivity contribution is 0.0893. The van der Waals surface area contributed by atoms with Crippen molar-refractivity contribution < 1.29 is 4.79 Å². The summed E-state index contributed by atoms with van der Waals surface area (Å²) >= 11 is 1.59. The molecule has 0 amide bonds. The molecule has 0 aromatic carbocycles. The van der Waals surface area contributed by atoms with Crippen LogP contribution >= 0.6 is 11.3 Å². The fourth-order valence-electron chi connectivity index (χ4n) is 2.67. The molecule has 3 heteroatoms. The van der Waals surface area contributed by atoms with Gasteiger partial charge in [-0.15, -0.1) is 11.3 Å². The van der Waals surface area contributed by atoms with E-state index in [1.54, 1.807) is 11.3 Å². The van der Waals surface area contributed by atoms with Crippen molar-refractivity contribution in [2.75, 3.05) is 13.1 Å². The van der Waals surface area contributed by atoms with E-state index in [-0.39, 0.29) is 0 Å². The lowest BCUT2D eigenvalue weighted by Crippen LogP contribution is -2.40. The molecule has 0 spiro atoms. The van der Waals surface area contributed by atoms with E-state index in [2.05, 4.69) is 24.1 Å². The van der Waals surface area contributed by atoms with Gasteiger partial charge in [0.15, 0.2) is 5.78 Å². The van der Waals surface area contributed by atoms with Crippen LogP contribution in [0, 0.1) is 12.8 Å². The molecule has 0 N–H and O–H groups in total. The van der Waals surface area contributed by atoms with Crippen molar-refractivity contribution in [3.05, 3.63) is 21.9 Å².